The van der Waals surface area contributed by atoms with Crippen molar-refractivity contribution in [3.63, 3.8) is 0 Å². The van der Waals surface area contributed by atoms with Crippen LogP contribution in [0.5, 0.6) is 0 Å². The van der Waals surface area contributed by atoms with Gasteiger partial charge >= 0.3 is 12.1 Å². The number of anilines is 1. The second kappa shape index (κ2) is 15.9. The molecular weight excluding hydrogens is 662 g/mol. The van der Waals surface area contributed by atoms with Crippen molar-refractivity contribution < 1.29 is 29.0 Å². The number of carbonyl (C=O) groups is 4. The molecule has 0 spiro atoms. The number of aromatic nitrogens is 4. The molecule has 5 N–H and O–H groups in total. The van der Waals surface area contributed by atoms with Gasteiger partial charge in [-0.15, -0.1) is 10.2 Å². The molecule has 0 bridgehead atoms. The quantitative estimate of drug-likeness (QED) is 0.127. The minimum Gasteiger partial charge on any atom is -0.478 e. The number of carboxylic acid groups (broad SMARTS) is 1. The molecular formula is C36H40ClN7O6. The number of aromatic amines is 1. The fourth-order valence-electron chi connectivity index (χ4n) is 5.82. The number of carbonyl (C=O) groups excluding carboxylic acids is 3. The number of rotatable bonds is 11. The molecule has 1 atom stereocenters. The third-order valence-electron chi connectivity index (χ3n) is 8.46. The molecule has 0 radical (unpaired) electrons. The zero-order chi connectivity index (χ0) is 35.8. The molecule has 3 aromatic carbocycles. The molecule has 262 valence electrons. The Morgan fingerprint density at radius 1 is 0.960 bits per heavy atom. The van der Waals surface area contributed by atoms with Gasteiger partial charge in [-0.1, -0.05) is 41.9 Å². The number of nitrogens with zero attached hydrogens (tertiary/aromatic N) is 3. The van der Waals surface area contributed by atoms with Crippen molar-refractivity contribution in [1.29, 1.82) is 0 Å². The molecule has 1 aliphatic carbocycles. The van der Waals surface area contributed by atoms with Gasteiger partial charge in [0.05, 0.1) is 5.56 Å². The summed E-state index contributed by atoms with van der Waals surface area (Å²) in [6.45, 7) is 5.92. The summed E-state index contributed by atoms with van der Waals surface area (Å²) in [6.07, 6.45) is 2.55. The second-order valence-electron chi connectivity index (χ2n) is 13.4. The van der Waals surface area contributed by atoms with Gasteiger partial charge in [-0.2, -0.15) is 5.21 Å². The monoisotopic (exact) mass is 701 g/mol. The number of aromatic carboxylic acids is 1. The van der Waals surface area contributed by atoms with Gasteiger partial charge in [0, 0.05) is 40.7 Å². The number of ether oxygens (including phenoxy) is 1. The highest BCUT2D eigenvalue weighted by atomic mass is 35.5. The third kappa shape index (κ3) is 9.88. The molecule has 5 rings (SSSR count). The number of tetrazole rings is 1. The van der Waals surface area contributed by atoms with Gasteiger partial charge in [-0.3, -0.25) is 9.59 Å². The molecule has 4 aromatic rings. The average Bonchev–Trinajstić information content (AvgIpc) is 3.62. The Balaban J connectivity index is 1.25. The van der Waals surface area contributed by atoms with E-state index in [1.807, 2.05) is 45.0 Å². The third-order valence-corrected chi connectivity index (χ3v) is 8.77. The van der Waals surface area contributed by atoms with Crippen LogP contribution in [-0.2, 0) is 20.7 Å². The minimum absolute atomic E-state index is 0.0929. The molecule has 0 unspecified atom stereocenters. The van der Waals surface area contributed by atoms with Crippen LogP contribution < -0.4 is 16.0 Å². The van der Waals surface area contributed by atoms with Crippen molar-refractivity contribution in [3.8, 4) is 22.5 Å². The number of carboxylic acids is 1. The lowest BCUT2D eigenvalue weighted by molar-refractivity contribution is -0.130. The summed E-state index contributed by atoms with van der Waals surface area (Å²) in [5.41, 5.74) is 3.03. The highest BCUT2D eigenvalue weighted by molar-refractivity contribution is 6.33. The predicted octanol–water partition coefficient (Wildman–Crippen LogP) is 5.88. The first-order valence-electron chi connectivity index (χ1n) is 16.4. The molecule has 1 heterocycles. The Labute approximate surface area is 294 Å². The summed E-state index contributed by atoms with van der Waals surface area (Å²) in [6, 6.07) is 18.0. The summed E-state index contributed by atoms with van der Waals surface area (Å²) in [5.74, 6) is -1.25. The number of benzene rings is 3. The van der Waals surface area contributed by atoms with Crippen LogP contribution in [0.15, 0.2) is 66.7 Å². The highest BCUT2D eigenvalue weighted by Gasteiger charge is 2.30. The number of H-pyrrole nitrogens is 1. The molecule has 1 aromatic heterocycles. The molecule has 0 aliphatic heterocycles. The second-order valence-corrected chi connectivity index (χ2v) is 13.8. The maximum absolute atomic E-state index is 13.7. The number of amides is 3. The minimum atomic E-state index is -1.06. The number of alkyl carbamates (subject to hydrolysis) is 1. The first-order valence-corrected chi connectivity index (χ1v) is 16.8. The Morgan fingerprint density at radius 3 is 2.24 bits per heavy atom. The standard InChI is InChI=1S/C36H40ClN7O6/c1-36(2,3)50-35(49)38-20-22-6-10-25(11-7-22)32(45)40-30(33(46)39-27-15-12-24(13-16-27)31-41-43-44-42-31)18-21-4-8-23(9-5-21)28-17-14-26(34(47)48)19-29(28)37/h4-5,8-9,12-17,19,22,25,30H,6-7,10-11,18,20H2,1-3H3,(H,38,49)(H,39,46)(H,40,45)(H,47,48)(H,41,42,43,44)/t22?,25?,30-/m0/s1. The van der Waals surface area contributed by atoms with E-state index in [1.165, 1.54) is 12.1 Å². The summed E-state index contributed by atoms with van der Waals surface area (Å²) in [4.78, 5) is 50.6. The maximum atomic E-state index is 13.7. The molecule has 0 saturated heterocycles. The molecule has 1 saturated carbocycles. The van der Waals surface area contributed by atoms with Gasteiger partial charge < -0.3 is 25.8 Å². The summed E-state index contributed by atoms with van der Waals surface area (Å²) in [7, 11) is 0. The van der Waals surface area contributed by atoms with Crippen LogP contribution in [0.2, 0.25) is 5.02 Å². The number of nitrogens with one attached hydrogen (secondary N) is 4. The fraction of sp³-hybridized carbons (Fsp3) is 0.361. The van der Waals surface area contributed by atoms with Crippen LogP contribution in [0.3, 0.4) is 0 Å². The van der Waals surface area contributed by atoms with Crippen molar-refractivity contribution in [3.05, 3.63) is 82.9 Å². The Hall–Kier alpha value is -5.30. The van der Waals surface area contributed by atoms with E-state index in [-0.39, 0.29) is 35.6 Å². The molecule has 50 heavy (non-hydrogen) atoms. The molecule has 3 amide bonds. The zero-order valence-corrected chi connectivity index (χ0v) is 28.8. The van der Waals surface area contributed by atoms with Crippen LogP contribution in [0, 0.1) is 11.8 Å². The predicted molar refractivity (Wildman–Crippen MR) is 187 cm³/mol. The van der Waals surface area contributed by atoms with Crippen LogP contribution in [0.4, 0.5) is 10.5 Å². The van der Waals surface area contributed by atoms with Crippen molar-refractivity contribution in [2.45, 2.75) is 64.5 Å². The van der Waals surface area contributed by atoms with E-state index in [4.69, 9.17) is 16.3 Å². The van der Waals surface area contributed by atoms with Crippen molar-refractivity contribution in [1.82, 2.24) is 31.3 Å². The van der Waals surface area contributed by atoms with Gasteiger partial charge in [0.15, 0.2) is 0 Å². The Kier molecular flexibility index (Phi) is 11.5. The maximum Gasteiger partial charge on any atom is 0.407 e. The van der Waals surface area contributed by atoms with E-state index in [9.17, 15) is 24.3 Å². The van der Waals surface area contributed by atoms with E-state index >= 15 is 0 Å². The van der Waals surface area contributed by atoms with Gasteiger partial charge in [0.2, 0.25) is 17.6 Å². The smallest absolute Gasteiger partial charge is 0.407 e. The van der Waals surface area contributed by atoms with E-state index in [0.717, 1.165) is 29.5 Å². The largest absolute Gasteiger partial charge is 0.478 e. The van der Waals surface area contributed by atoms with Crippen molar-refractivity contribution in [2.24, 2.45) is 11.8 Å². The number of halogens is 1. The van der Waals surface area contributed by atoms with Crippen LogP contribution in [-0.4, -0.2) is 67.8 Å². The lowest BCUT2D eigenvalue weighted by Gasteiger charge is -2.29. The number of hydrogen-bond acceptors (Lipinski definition) is 8. The van der Waals surface area contributed by atoms with Gasteiger partial charge in [0.1, 0.15) is 11.6 Å². The Morgan fingerprint density at radius 2 is 1.64 bits per heavy atom. The number of hydrogen-bond donors (Lipinski definition) is 5. The van der Waals surface area contributed by atoms with Crippen molar-refractivity contribution in [2.75, 3.05) is 11.9 Å². The SMILES string of the molecule is CC(C)(C)OC(=O)NCC1CCC(C(=O)N[C@@H](Cc2ccc(-c3ccc(C(=O)O)cc3Cl)cc2)C(=O)Nc2ccc(-c3nn[nH]n3)cc2)CC1. The van der Waals surface area contributed by atoms with Crippen molar-refractivity contribution >= 4 is 41.2 Å². The summed E-state index contributed by atoms with van der Waals surface area (Å²) in [5, 5.41) is 32.2. The highest BCUT2D eigenvalue weighted by Crippen LogP contribution is 2.31. The summed E-state index contributed by atoms with van der Waals surface area (Å²) < 4.78 is 5.33. The lowest BCUT2D eigenvalue weighted by atomic mass is 9.81. The van der Waals surface area contributed by atoms with E-state index in [2.05, 4.69) is 36.6 Å². The molecule has 13 nitrogen and oxygen atoms in total. The van der Waals surface area contributed by atoms with E-state index < -0.39 is 23.7 Å². The lowest BCUT2D eigenvalue weighted by Crippen LogP contribution is -2.48. The van der Waals surface area contributed by atoms with Gasteiger partial charge in [-0.05, 0) is 105 Å². The van der Waals surface area contributed by atoms with E-state index in [0.29, 0.717) is 41.5 Å². The topological polar surface area (TPSA) is 188 Å². The zero-order valence-electron chi connectivity index (χ0n) is 28.0. The van der Waals surface area contributed by atoms with Crippen LogP contribution in [0.1, 0.15) is 62.4 Å². The molecule has 14 heteroatoms. The molecule has 1 aliphatic rings. The first kappa shape index (κ1) is 36.0. The first-order chi connectivity index (χ1) is 23.8. The van der Waals surface area contributed by atoms with Gasteiger partial charge in [0.25, 0.3) is 0 Å². The van der Waals surface area contributed by atoms with Crippen LogP contribution >= 0.6 is 11.6 Å². The average molecular weight is 702 g/mol. The Bertz CT molecular complexity index is 1800. The normalized spacial score (nSPS) is 16.6. The van der Waals surface area contributed by atoms with Gasteiger partial charge in [-0.25, -0.2) is 9.59 Å². The molecule has 1 fully saturated rings. The van der Waals surface area contributed by atoms with Crippen LogP contribution in [0.25, 0.3) is 22.5 Å². The van der Waals surface area contributed by atoms with E-state index in [1.54, 1.807) is 30.3 Å². The fourth-order valence-corrected chi connectivity index (χ4v) is 6.11. The summed E-state index contributed by atoms with van der Waals surface area (Å²) >= 11 is 6.38.